The van der Waals surface area contributed by atoms with E-state index >= 15 is 0 Å². The third-order valence-electron chi connectivity index (χ3n) is 4.50. The second-order valence-electron chi connectivity index (χ2n) is 6.54. The number of aryl methyl sites for hydroxylation is 1. The minimum Gasteiger partial charge on any atom is -0.341 e. The van der Waals surface area contributed by atoms with Crippen LogP contribution in [0.1, 0.15) is 26.0 Å². The summed E-state index contributed by atoms with van der Waals surface area (Å²) in [6.07, 6.45) is 2.06. The van der Waals surface area contributed by atoms with Gasteiger partial charge in [-0.1, -0.05) is 49.4 Å². The molecular weight excluding hydrogens is 363 g/mol. The van der Waals surface area contributed by atoms with E-state index in [1.54, 1.807) is 25.4 Å². The van der Waals surface area contributed by atoms with Gasteiger partial charge in [-0.25, -0.2) is 4.98 Å². The van der Waals surface area contributed by atoms with E-state index < -0.39 is 11.7 Å². The summed E-state index contributed by atoms with van der Waals surface area (Å²) in [6, 6.07) is 11.5. The molecule has 28 heavy (non-hydrogen) atoms. The fourth-order valence-corrected chi connectivity index (χ4v) is 3.01. The highest BCUT2D eigenvalue weighted by atomic mass is 19.4. The van der Waals surface area contributed by atoms with Gasteiger partial charge in [0.25, 0.3) is 0 Å². The van der Waals surface area contributed by atoms with E-state index in [-0.39, 0.29) is 5.70 Å². The van der Waals surface area contributed by atoms with Gasteiger partial charge in [0, 0.05) is 34.9 Å². The Balaban J connectivity index is 1.98. The van der Waals surface area contributed by atoms with Gasteiger partial charge in [0.2, 0.25) is 0 Å². The van der Waals surface area contributed by atoms with E-state index in [0.717, 1.165) is 28.6 Å². The Morgan fingerprint density at radius 1 is 1.14 bits per heavy atom. The zero-order valence-electron chi connectivity index (χ0n) is 16.0. The Labute approximate surface area is 162 Å². The van der Waals surface area contributed by atoms with Gasteiger partial charge in [-0.05, 0) is 26.3 Å². The molecule has 3 nitrogen and oxygen atoms in total. The van der Waals surface area contributed by atoms with Gasteiger partial charge in [-0.3, -0.25) is 0 Å². The number of H-pyrrole nitrogens is 1. The molecule has 0 atom stereocenters. The van der Waals surface area contributed by atoms with E-state index in [0.29, 0.717) is 12.2 Å². The number of hydrogen-bond acceptors (Lipinski definition) is 1. The molecule has 1 N–H and O–H groups in total. The summed E-state index contributed by atoms with van der Waals surface area (Å²) in [5, 5.41) is 0. The number of rotatable bonds is 5. The van der Waals surface area contributed by atoms with E-state index in [9.17, 15) is 13.2 Å². The third-order valence-corrected chi connectivity index (χ3v) is 4.50. The van der Waals surface area contributed by atoms with Crippen LogP contribution in [0.3, 0.4) is 0 Å². The molecule has 0 saturated carbocycles. The molecule has 0 radical (unpaired) electrons. The first-order chi connectivity index (χ1) is 13.3. The molecule has 6 heteroatoms. The fraction of sp³-hybridized carbons (Fsp3) is 0.227. The predicted octanol–water partition coefficient (Wildman–Crippen LogP) is 6.61. The van der Waals surface area contributed by atoms with Gasteiger partial charge in [0.1, 0.15) is 5.82 Å². The molecule has 0 spiro atoms. The molecule has 0 fully saturated rings. The van der Waals surface area contributed by atoms with Gasteiger partial charge in [0.05, 0.1) is 11.3 Å². The fourth-order valence-electron chi connectivity index (χ4n) is 3.01. The number of imidazole rings is 1. The maximum Gasteiger partial charge on any atom is 0.418 e. The topological polar surface area (TPSA) is 33.6 Å². The summed E-state index contributed by atoms with van der Waals surface area (Å²) in [5.74, 6) is 0.626. The highest BCUT2D eigenvalue weighted by Gasteiger charge is 2.34. The molecule has 0 saturated heterocycles. The summed E-state index contributed by atoms with van der Waals surface area (Å²) in [7, 11) is 0. The lowest BCUT2D eigenvalue weighted by Gasteiger charge is -2.13. The monoisotopic (exact) mass is 385 g/mol. The number of halogens is 3. The van der Waals surface area contributed by atoms with E-state index in [1.807, 2.05) is 37.3 Å². The van der Waals surface area contributed by atoms with Gasteiger partial charge in [-0.2, -0.15) is 13.2 Å². The van der Waals surface area contributed by atoms with Gasteiger partial charge < -0.3 is 9.55 Å². The zero-order valence-corrected chi connectivity index (χ0v) is 16.0. The van der Waals surface area contributed by atoms with Crippen LogP contribution in [0, 0.1) is 6.92 Å². The summed E-state index contributed by atoms with van der Waals surface area (Å²) in [4.78, 5) is 7.87. The SMILES string of the molecule is CC/C=C\C(=C(/C)n1ccc(-c2nc(-c3ccccc3)c(C)[nH]2)c1)C(F)(F)F. The molecule has 0 unspecified atom stereocenters. The second kappa shape index (κ2) is 7.92. The van der Waals surface area contributed by atoms with Crippen LogP contribution in [0.25, 0.3) is 28.3 Å². The van der Waals surface area contributed by atoms with Crippen LogP contribution in [-0.4, -0.2) is 20.7 Å². The first-order valence-electron chi connectivity index (χ1n) is 9.06. The average Bonchev–Trinajstić information content (AvgIpc) is 3.28. The van der Waals surface area contributed by atoms with Crippen molar-refractivity contribution in [3.8, 4) is 22.6 Å². The zero-order chi connectivity index (χ0) is 20.3. The van der Waals surface area contributed by atoms with E-state index in [4.69, 9.17) is 0 Å². The molecule has 0 bridgehead atoms. The summed E-state index contributed by atoms with van der Waals surface area (Å²) >= 11 is 0. The van der Waals surface area contributed by atoms with E-state index in [2.05, 4.69) is 9.97 Å². The third kappa shape index (κ3) is 4.11. The van der Waals surface area contributed by atoms with Crippen LogP contribution in [0.15, 0.2) is 66.5 Å². The van der Waals surface area contributed by atoms with Crippen molar-refractivity contribution in [2.24, 2.45) is 0 Å². The van der Waals surface area contributed by atoms with Crippen molar-refractivity contribution in [1.82, 2.24) is 14.5 Å². The first kappa shape index (κ1) is 19.7. The predicted molar refractivity (Wildman–Crippen MR) is 107 cm³/mol. The quantitative estimate of drug-likeness (QED) is 0.492. The summed E-state index contributed by atoms with van der Waals surface area (Å²) < 4.78 is 41.7. The lowest BCUT2D eigenvalue weighted by Crippen LogP contribution is -2.13. The smallest absolute Gasteiger partial charge is 0.341 e. The minimum absolute atomic E-state index is 0.120. The summed E-state index contributed by atoms with van der Waals surface area (Å²) in [6.45, 7) is 5.20. The Kier molecular flexibility index (Phi) is 5.58. The van der Waals surface area contributed by atoms with Gasteiger partial charge in [-0.15, -0.1) is 0 Å². The molecule has 3 aromatic rings. The number of hydrogen-bond donors (Lipinski definition) is 1. The molecule has 0 aliphatic carbocycles. The van der Waals surface area contributed by atoms with Crippen molar-refractivity contribution in [2.75, 3.05) is 0 Å². The Morgan fingerprint density at radius 2 is 1.86 bits per heavy atom. The molecule has 2 heterocycles. The highest BCUT2D eigenvalue weighted by Crippen LogP contribution is 2.32. The normalized spacial score (nSPS) is 13.2. The standard InChI is InChI=1S/C22H22F3N3/c1-4-5-11-19(22(23,24)25)16(3)28-13-12-18(14-28)21-26-15(2)20(27-21)17-9-7-6-8-10-17/h5-14H,4H2,1-3H3,(H,26,27)/b11-5-,19-16-. The number of nitrogens with one attached hydrogen (secondary N) is 1. The lowest BCUT2D eigenvalue weighted by molar-refractivity contribution is -0.0879. The van der Waals surface area contributed by atoms with Crippen LogP contribution in [0.5, 0.6) is 0 Å². The Hall–Kier alpha value is -3.02. The molecular formula is C22H22F3N3. The number of benzene rings is 1. The van der Waals surface area contributed by atoms with Crippen LogP contribution in [0.4, 0.5) is 13.2 Å². The van der Waals surface area contributed by atoms with Crippen molar-refractivity contribution in [3.63, 3.8) is 0 Å². The Morgan fingerprint density at radius 3 is 2.50 bits per heavy atom. The highest BCUT2D eigenvalue weighted by molar-refractivity contribution is 5.68. The minimum atomic E-state index is -4.41. The van der Waals surface area contributed by atoms with Crippen LogP contribution >= 0.6 is 0 Å². The van der Waals surface area contributed by atoms with E-state index in [1.165, 1.54) is 17.6 Å². The molecule has 0 aliphatic heterocycles. The largest absolute Gasteiger partial charge is 0.418 e. The average molecular weight is 385 g/mol. The van der Waals surface area contributed by atoms with Crippen molar-refractivity contribution in [2.45, 2.75) is 33.4 Å². The van der Waals surface area contributed by atoms with Gasteiger partial charge in [0.15, 0.2) is 0 Å². The molecule has 1 aromatic carbocycles. The maximum absolute atomic E-state index is 13.4. The summed E-state index contributed by atoms with van der Waals surface area (Å²) in [5.41, 5.74) is 2.92. The molecule has 0 aliphatic rings. The van der Waals surface area contributed by atoms with Gasteiger partial charge >= 0.3 is 6.18 Å². The number of aromatic nitrogens is 3. The van der Waals surface area contributed by atoms with Crippen LogP contribution in [-0.2, 0) is 0 Å². The van der Waals surface area contributed by atoms with Crippen molar-refractivity contribution < 1.29 is 13.2 Å². The Bertz CT molecular complexity index is 1010. The molecule has 146 valence electrons. The number of aromatic amines is 1. The van der Waals surface area contributed by atoms with Crippen LogP contribution in [0.2, 0.25) is 0 Å². The number of allylic oxidation sites excluding steroid dienone is 4. The van der Waals surface area contributed by atoms with Crippen molar-refractivity contribution in [3.05, 3.63) is 72.2 Å². The maximum atomic E-state index is 13.4. The van der Waals surface area contributed by atoms with Crippen molar-refractivity contribution in [1.29, 1.82) is 0 Å². The number of alkyl halides is 3. The van der Waals surface area contributed by atoms with Crippen molar-refractivity contribution >= 4 is 5.70 Å². The molecule has 2 aromatic heterocycles. The molecule has 3 rings (SSSR count). The second-order valence-corrected chi connectivity index (χ2v) is 6.54. The lowest BCUT2D eigenvalue weighted by atomic mass is 10.1. The first-order valence-corrected chi connectivity index (χ1v) is 9.06. The molecule has 0 amide bonds. The van der Waals surface area contributed by atoms with Crippen LogP contribution < -0.4 is 0 Å². The number of nitrogens with zero attached hydrogens (tertiary/aromatic N) is 2.